The van der Waals surface area contributed by atoms with Gasteiger partial charge in [0.05, 0.1) is 18.3 Å². The van der Waals surface area contributed by atoms with Crippen molar-refractivity contribution in [3.05, 3.63) is 73.7 Å². The van der Waals surface area contributed by atoms with Gasteiger partial charge in [-0.25, -0.2) is 9.18 Å². The van der Waals surface area contributed by atoms with E-state index in [0.717, 1.165) is 0 Å². The molecule has 2 aromatic carbocycles. The Kier molecular flexibility index (Phi) is 4.78. The Hall–Kier alpha value is -2.38. The fourth-order valence-electron chi connectivity index (χ4n) is 2.47. The van der Waals surface area contributed by atoms with Crippen LogP contribution in [0.3, 0.4) is 0 Å². The Balaban J connectivity index is 2.21. The minimum absolute atomic E-state index is 0.0617. The zero-order valence-corrected chi connectivity index (χ0v) is 14.8. The maximum atomic E-state index is 14.1. The molecule has 0 radical (unpaired) electrons. The Labute approximate surface area is 154 Å². The molecule has 25 heavy (non-hydrogen) atoms. The number of fused-ring (bicyclic) bond motifs is 1. The third kappa shape index (κ3) is 3.67. The molecule has 0 bridgehead atoms. The molecule has 5 nitrogen and oxygen atoms in total. The molecule has 0 aliphatic heterocycles. The van der Waals surface area contributed by atoms with Gasteiger partial charge in [0.25, 0.3) is 0 Å². The van der Waals surface area contributed by atoms with E-state index in [1.807, 2.05) is 0 Å². The van der Waals surface area contributed by atoms with Crippen LogP contribution in [0, 0.1) is 5.82 Å². The third-order valence-corrected chi connectivity index (χ3v) is 4.29. The quantitative estimate of drug-likeness (QED) is 0.619. The number of ether oxygens (including phenoxy) is 1. The summed E-state index contributed by atoms with van der Waals surface area (Å²) in [5, 5.41) is 9.42. The van der Waals surface area contributed by atoms with Crippen molar-refractivity contribution < 1.29 is 19.0 Å². The average molecular weight is 427 g/mol. The van der Waals surface area contributed by atoms with Crippen molar-refractivity contribution in [1.29, 1.82) is 0 Å². The first kappa shape index (κ1) is 17.4. The molecule has 0 saturated heterocycles. The maximum absolute atomic E-state index is 14.1. The van der Waals surface area contributed by atoms with Crippen LogP contribution in [0.1, 0.15) is 5.56 Å². The van der Waals surface area contributed by atoms with Gasteiger partial charge >= 0.3 is 6.16 Å². The molecular weight excluding hydrogens is 417 g/mol. The second-order valence-electron chi connectivity index (χ2n) is 5.22. The first-order chi connectivity index (χ1) is 11.8. The molecule has 0 fully saturated rings. The number of halogens is 3. The number of nitrogens with zero attached hydrogens (tertiary/aromatic N) is 1. The highest BCUT2D eigenvalue weighted by Gasteiger charge is 2.14. The molecule has 0 atom stereocenters. The highest BCUT2D eigenvalue weighted by molar-refractivity contribution is 9.10. The molecule has 0 aliphatic rings. The summed E-state index contributed by atoms with van der Waals surface area (Å²) in [6.45, 7) is 0.0617. The Bertz CT molecular complexity index is 1050. The monoisotopic (exact) mass is 425 g/mol. The van der Waals surface area contributed by atoms with Gasteiger partial charge in [-0.1, -0.05) is 33.6 Å². The molecule has 8 heteroatoms. The maximum Gasteiger partial charge on any atom is 0.511 e. The lowest BCUT2D eigenvalue weighted by Crippen LogP contribution is -2.17. The summed E-state index contributed by atoms with van der Waals surface area (Å²) in [4.78, 5) is 23.2. The topological polar surface area (TPSA) is 68.5 Å². The summed E-state index contributed by atoms with van der Waals surface area (Å²) in [6, 6.07) is 9.14. The summed E-state index contributed by atoms with van der Waals surface area (Å²) in [5.74, 6) is -0.802. The molecule has 0 saturated carbocycles. The van der Waals surface area contributed by atoms with Crippen LogP contribution >= 0.6 is 27.5 Å². The van der Waals surface area contributed by atoms with Crippen LogP contribution in [0.25, 0.3) is 10.9 Å². The second kappa shape index (κ2) is 6.85. The zero-order valence-electron chi connectivity index (χ0n) is 12.5. The summed E-state index contributed by atoms with van der Waals surface area (Å²) in [6.07, 6.45) is -0.372. The fourth-order valence-corrected chi connectivity index (χ4v) is 2.97. The highest BCUT2D eigenvalue weighted by Crippen LogP contribution is 2.23. The number of aromatic nitrogens is 1. The molecule has 0 amide bonds. The van der Waals surface area contributed by atoms with Crippen molar-refractivity contribution in [3.63, 3.8) is 0 Å². The lowest BCUT2D eigenvalue weighted by molar-refractivity contribution is 0.144. The molecule has 0 unspecified atom stereocenters. The number of benzene rings is 2. The van der Waals surface area contributed by atoms with E-state index in [2.05, 4.69) is 20.7 Å². The molecule has 3 aromatic rings. The lowest BCUT2D eigenvalue weighted by Gasteiger charge is -2.14. The molecular formula is C17H10BrClFNO4. The van der Waals surface area contributed by atoms with Crippen LogP contribution in [0.5, 0.6) is 5.75 Å². The first-order valence-corrected chi connectivity index (χ1v) is 8.19. The summed E-state index contributed by atoms with van der Waals surface area (Å²) in [7, 11) is 0. The largest absolute Gasteiger partial charge is 0.511 e. The molecule has 1 heterocycles. The second-order valence-corrected chi connectivity index (χ2v) is 6.57. The van der Waals surface area contributed by atoms with Crippen LogP contribution in [0.15, 0.2) is 51.9 Å². The van der Waals surface area contributed by atoms with Crippen molar-refractivity contribution in [2.45, 2.75) is 6.54 Å². The van der Waals surface area contributed by atoms with E-state index in [0.29, 0.717) is 20.6 Å². The van der Waals surface area contributed by atoms with Gasteiger partial charge in [-0.05, 0) is 30.3 Å². The number of carboxylic acid groups (broad SMARTS) is 1. The van der Waals surface area contributed by atoms with E-state index in [-0.39, 0.29) is 17.7 Å². The van der Waals surface area contributed by atoms with E-state index in [1.54, 1.807) is 18.2 Å². The summed E-state index contributed by atoms with van der Waals surface area (Å²) < 4.78 is 20.8. The third-order valence-electron chi connectivity index (χ3n) is 3.56. The van der Waals surface area contributed by atoms with Gasteiger partial charge in [-0.15, -0.1) is 0 Å². The fraction of sp³-hybridized carbons (Fsp3) is 0.0588. The predicted octanol–water partition coefficient (Wildman–Crippen LogP) is 4.66. The molecule has 0 aliphatic carbocycles. The zero-order chi connectivity index (χ0) is 18.1. The molecule has 1 aromatic heterocycles. The normalized spacial score (nSPS) is 10.8. The van der Waals surface area contributed by atoms with E-state index < -0.39 is 17.4 Å². The minimum Gasteiger partial charge on any atom is -0.449 e. The van der Waals surface area contributed by atoms with Gasteiger partial charge in [0, 0.05) is 20.4 Å². The highest BCUT2D eigenvalue weighted by atomic mass is 79.9. The van der Waals surface area contributed by atoms with Gasteiger partial charge in [0.15, 0.2) is 5.75 Å². The number of hydrogen-bond donors (Lipinski definition) is 1. The standard InChI is InChI=1S/C17H10BrClFNO4/c18-10-2-1-9(13(20)5-10)7-21-8-15(25-17(23)24)16(22)12-4-3-11(19)6-14(12)21/h1-6,8H,7H2,(H,23,24). The van der Waals surface area contributed by atoms with E-state index in [4.69, 9.17) is 16.7 Å². The van der Waals surface area contributed by atoms with E-state index in [9.17, 15) is 14.0 Å². The van der Waals surface area contributed by atoms with Crippen LogP contribution in [0.2, 0.25) is 5.02 Å². The van der Waals surface area contributed by atoms with Gasteiger partial charge < -0.3 is 14.4 Å². The number of hydrogen-bond acceptors (Lipinski definition) is 3. The van der Waals surface area contributed by atoms with Crippen LogP contribution in [-0.2, 0) is 6.54 Å². The smallest absolute Gasteiger partial charge is 0.449 e. The molecule has 3 rings (SSSR count). The van der Waals surface area contributed by atoms with E-state index >= 15 is 0 Å². The van der Waals surface area contributed by atoms with Crippen LogP contribution in [0.4, 0.5) is 9.18 Å². The van der Waals surface area contributed by atoms with Gasteiger partial charge in [0.2, 0.25) is 5.43 Å². The molecule has 128 valence electrons. The van der Waals surface area contributed by atoms with Crippen molar-refractivity contribution in [1.82, 2.24) is 4.57 Å². The number of rotatable bonds is 3. The average Bonchev–Trinajstić information content (AvgIpc) is 2.53. The van der Waals surface area contributed by atoms with Crippen molar-refractivity contribution in [2.24, 2.45) is 0 Å². The van der Waals surface area contributed by atoms with Gasteiger partial charge in [-0.2, -0.15) is 0 Å². The molecule has 0 spiro atoms. The van der Waals surface area contributed by atoms with Crippen LogP contribution in [-0.4, -0.2) is 15.8 Å². The number of pyridine rings is 1. The number of carbonyl (C=O) groups is 1. The minimum atomic E-state index is -1.60. The Morgan fingerprint density at radius 3 is 2.72 bits per heavy atom. The van der Waals surface area contributed by atoms with Crippen molar-refractivity contribution in [3.8, 4) is 5.75 Å². The SMILES string of the molecule is O=C(O)Oc1cn(Cc2ccc(Br)cc2F)c2cc(Cl)ccc2c1=O. The summed E-state index contributed by atoms with van der Waals surface area (Å²) >= 11 is 9.19. The Morgan fingerprint density at radius 1 is 1.28 bits per heavy atom. The Morgan fingerprint density at radius 2 is 2.04 bits per heavy atom. The van der Waals surface area contributed by atoms with E-state index in [1.165, 1.54) is 29.0 Å². The van der Waals surface area contributed by atoms with Gasteiger partial charge in [-0.3, -0.25) is 4.79 Å². The first-order valence-electron chi connectivity index (χ1n) is 7.02. The molecule has 1 N–H and O–H groups in total. The van der Waals surface area contributed by atoms with Crippen molar-refractivity contribution >= 4 is 44.6 Å². The van der Waals surface area contributed by atoms with Gasteiger partial charge in [0.1, 0.15) is 5.82 Å². The lowest BCUT2D eigenvalue weighted by atomic mass is 10.1. The van der Waals surface area contributed by atoms with Crippen molar-refractivity contribution in [2.75, 3.05) is 0 Å². The predicted molar refractivity (Wildman–Crippen MR) is 95.1 cm³/mol. The summed E-state index contributed by atoms with van der Waals surface area (Å²) in [5.41, 5.74) is 0.216. The van der Waals surface area contributed by atoms with Crippen LogP contribution < -0.4 is 10.2 Å².